The lowest BCUT2D eigenvalue weighted by Gasteiger charge is -2.43. The van der Waals surface area contributed by atoms with Gasteiger partial charge < -0.3 is 24.5 Å². The minimum atomic E-state index is -1.20. The molecule has 1 spiro atoms. The molecule has 2 bridgehead atoms. The van der Waals surface area contributed by atoms with Gasteiger partial charge in [0.1, 0.15) is 11.6 Å². The number of anilines is 1. The average Bonchev–Trinajstić information content (AvgIpc) is 3.49. The van der Waals surface area contributed by atoms with Gasteiger partial charge >= 0.3 is 0 Å². The van der Waals surface area contributed by atoms with Crippen LogP contribution < -0.4 is 4.90 Å². The molecule has 0 radical (unpaired) electrons. The lowest BCUT2D eigenvalue weighted by molar-refractivity contribution is -0.154. The summed E-state index contributed by atoms with van der Waals surface area (Å²) in [6.07, 6.45) is 3.62. The third-order valence-corrected chi connectivity index (χ3v) is 9.20. The van der Waals surface area contributed by atoms with Gasteiger partial charge in [0.05, 0.1) is 30.6 Å². The summed E-state index contributed by atoms with van der Waals surface area (Å²) in [5, 5.41) is 10.3. The molecule has 8 nitrogen and oxygen atoms in total. The van der Waals surface area contributed by atoms with E-state index in [9.17, 15) is 19.5 Å². The highest BCUT2D eigenvalue weighted by atomic mass is 79.9. The summed E-state index contributed by atoms with van der Waals surface area (Å²) in [6, 6.07) is 7.73. The van der Waals surface area contributed by atoms with Crippen LogP contribution in [0, 0.1) is 11.8 Å². The third-order valence-electron chi connectivity index (χ3n) is 8.35. The summed E-state index contributed by atoms with van der Waals surface area (Å²) in [7, 11) is 0. The Hall–Kier alpha value is -2.49. The maximum absolute atomic E-state index is 14.4. The van der Waals surface area contributed by atoms with E-state index in [2.05, 4.69) is 29.1 Å². The number of ether oxygens (including phenoxy) is 1. The number of fused-ring (bicyclic) bond motifs is 1. The fourth-order valence-corrected chi connectivity index (χ4v) is 7.59. The molecule has 1 N–H and O–H groups in total. The highest BCUT2D eigenvalue weighted by molar-refractivity contribution is 9.09. The number of carbonyl (C=O) groups excluding carboxylic acids is 3. The number of aliphatic hydroxyl groups is 1. The molecule has 1 aromatic carbocycles. The SMILES string of the molecule is C=CCN(C(=O)[C@H]1[C@H]2C(=O)N([C@@H](CC)CO)C(C(=O)N(CC=C)C(C)(C)C)C23CC(Br)[C@@H]1O3)c1ccccc1. The second-order valence-corrected chi connectivity index (χ2v) is 12.8. The topological polar surface area (TPSA) is 90.4 Å². The van der Waals surface area contributed by atoms with Gasteiger partial charge in [0, 0.05) is 29.1 Å². The van der Waals surface area contributed by atoms with Crippen molar-refractivity contribution in [1.29, 1.82) is 0 Å². The summed E-state index contributed by atoms with van der Waals surface area (Å²) >= 11 is 3.74. The Morgan fingerprint density at radius 2 is 1.85 bits per heavy atom. The number of hydrogen-bond acceptors (Lipinski definition) is 5. The van der Waals surface area contributed by atoms with Gasteiger partial charge in [-0.15, -0.1) is 13.2 Å². The number of carbonyl (C=O) groups is 3. The first-order valence-corrected chi connectivity index (χ1v) is 14.5. The number of aliphatic hydroxyl groups excluding tert-OH is 1. The number of para-hydroxylation sites is 1. The fraction of sp³-hybridized carbons (Fsp3) is 0.567. The quantitative estimate of drug-likeness (QED) is 0.327. The predicted molar refractivity (Wildman–Crippen MR) is 154 cm³/mol. The molecule has 3 saturated heterocycles. The van der Waals surface area contributed by atoms with E-state index in [1.807, 2.05) is 58.0 Å². The maximum Gasteiger partial charge on any atom is 0.249 e. The third kappa shape index (κ3) is 4.76. The van der Waals surface area contributed by atoms with E-state index < -0.39 is 41.2 Å². The molecule has 1 aromatic rings. The zero-order valence-electron chi connectivity index (χ0n) is 23.3. The molecule has 7 atom stereocenters. The van der Waals surface area contributed by atoms with Crippen LogP contribution in [-0.2, 0) is 19.1 Å². The normalized spacial score (nSPS) is 30.2. The Kier molecular flexibility index (Phi) is 8.45. The molecule has 3 heterocycles. The predicted octanol–water partition coefficient (Wildman–Crippen LogP) is 3.54. The number of rotatable bonds is 10. The molecule has 3 fully saturated rings. The van der Waals surface area contributed by atoms with Gasteiger partial charge in [-0.1, -0.05) is 53.2 Å². The van der Waals surface area contributed by atoms with Crippen molar-refractivity contribution < 1.29 is 24.2 Å². The van der Waals surface area contributed by atoms with Crippen molar-refractivity contribution in [2.75, 3.05) is 24.6 Å². The highest BCUT2D eigenvalue weighted by Gasteiger charge is 2.77. The monoisotopic (exact) mass is 601 g/mol. The van der Waals surface area contributed by atoms with Gasteiger partial charge in [-0.25, -0.2) is 0 Å². The molecule has 0 aromatic heterocycles. The molecule has 3 aliphatic rings. The van der Waals surface area contributed by atoms with Gasteiger partial charge in [0.15, 0.2) is 0 Å². The second-order valence-electron chi connectivity index (χ2n) is 11.6. The Morgan fingerprint density at radius 1 is 1.21 bits per heavy atom. The van der Waals surface area contributed by atoms with Crippen molar-refractivity contribution in [3.8, 4) is 0 Å². The molecule has 3 unspecified atom stereocenters. The zero-order valence-corrected chi connectivity index (χ0v) is 24.8. The number of nitrogens with zero attached hydrogens (tertiary/aromatic N) is 3. The van der Waals surface area contributed by atoms with Crippen LogP contribution in [0.2, 0.25) is 0 Å². The van der Waals surface area contributed by atoms with Gasteiger partial charge in [0.25, 0.3) is 0 Å². The van der Waals surface area contributed by atoms with E-state index >= 15 is 0 Å². The second kappa shape index (κ2) is 11.2. The van der Waals surface area contributed by atoms with E-state index in [-0.39, 0.29) is 35.7 Å². The first-order valence-electron chi connectivity index (χ1n) is 13.6. The van der Waals surface area contributed by atoms with Gasteiger partial charge in [-0.3, -0.25) is 14.4 Å². The van der Waals surface area contributed by atoms with Crippen molar-refractivity contribution in [3.05, 3.63) is 55.6 Å². The van der Waals surface area contributed by atoms with Gasteiger partial charge in [0.2, 0.25) is 17.7 Å². The van der Waals surface area contributed by atoms with Crippen LogP contribution in [-0.4, -0.2) is 86.5 Å². The molecule has 0 aliphatic carbocycles. The van der Waals surface area contributed by atoms with E-state index in [1.165, 1.54) is 4.90 Å². The minimum Gasteiger partial charge on any atom is -0.394 e. The van der Waals surface area contributed by atoms with Crippen molar-refractivity contribution in [2.24, 2.45) is 11.8 Å². The van der Waals surface area contributed by atoms with Crippen molar-refractivity contribution in [1.82, 2.24) is 9.80 Å². The van der Waals surface area contributed by atoms with E-state index in [1.54, 1.807) is 22.0 Å². The first kappa shape index (κ1) is 29.5. The molecule has 9 heteroatoms. The standard InChI is InChI=1S/C30H40BrN3O5/c1-7-15-32(20-13-11-10-12-14-20)26(36)22-23-27(37)34(19(9-3)18-35)25(30(23)17-21(31)24(22)39-30)28(38)33(16-8-2)29(4,5)6/h7-8,10-14,19,21-25,35H,1-2,9,15-18H2,3-6H3/t19-,21?,22-,23-,24-,25?,30?/m0/s1. The van der Waals surface area contributed by atoms with Crippen LogP contribution in [0.3, 0.4) is 0 Å². The van der Waals surface area contributed by atoms with E-state index in [0.717, 1.165) is 0 Å². The lowest BCUT2D eigenvalue weighted by Crippen LogP contribution is -2.61. The van der Waals surface area contributed by atoms with Gasteiger partial charge in [-0.05, 0) is 45.7 Å². The van der Waals surface area contributed by atoms with Crippen LogP contribution >= 0.6 is 15.9 Å². The maximum atomic E-state index is 14.4. The van der Waals surface area contributed by atoms with Crippen LogP contribution in [0.25, 0.3) is 0 Å². The number of halogens is 1. The Bertz CT molecular complexity index is 1120. The Morgan fingerprint density at radius 3 is 2.38 bits per heavy atom. The molecule has 212 valence electrons. The van der Waals surface area contributed by atoms with Crippen LogP contribution in [0.15, 0.2) is 55.6 Å². The molecule has 3 amide bonds. The van der Waals surface area contributed by atoms with Crippen molar-refractivity contribution in [3.63, 3.8) is 0 Å². The number of hydrogen-bond donors (Lipinski definition) is 1. The lowest BCUT2D eigenvalue weighted by atomic mass is 9.70. The zero-order chi connectivity index (χ0) is 28.7. The Labute approximate surface area is 239 Å². The summed E-state index contributed by atoms with van der Waals surface area (Å²) in [6.45, 7) is 15.6. The van der Waals surface area contributed by atoms with Crippen molar-refractivity contribution >= 4 is 39.3 Å². The van der Waals surface area contributed by atoms with E-state index in [4.69, 9.17) is 4.74 Å². The number of alkyl halides is 1. The van der Waals surface area contributed by atoms with Crippen LogP contribution in [0.4, 0.5) is 5.69 Å². The van der Waals surface area contributed by atoms with Crippen LogP contribution in [0.5, 0.6) is 0 Å². The molecular formula is C30H40BrN3O5. The van der Waals surface area contributed by atoms with Gasteiger partial charge in [-0.2, -0.15) is 0 Å². The molecule has 0 saturated carbocycles. The number of amides is 3. The largest absolute Gasteiger partial charge is 0.394 e. The summed E-state index contributed by atoms with van der Waals surface area (Å²) in [5.74, 6) is -2.45. The average molecular weight is 603 g/mol. The molecule has 39 heavy (non-hydrogen) atoms. The first-order chi connectivity index (χ1) is 18.5. The molecule has 4 rings (SSSR count). The van der Waals surface area contributed by atoms with Crippen molar-refractivity contribution in [2.45, 2.75) is 74.7 Å². The number of benzene rings is 1. The fourth-order valence-electron chi connectivity index (χ4n) is 6.65. The molecule has 3 aliphatic heterocycles. The Balaban J connectivity index is 1.84. The summed E-state index contributed by atoms with van der Waals surface area (Å²) < 4.78 is 6.67. The summed E-state index contributed by atoms with van der Waals surface area (Å²) in [4.78, 5) is 47.7. The van der Waals surface area contributed by atoms with E-state index in [0.29, 0.717) is 25.1 Å². The molecular weight excluding hydrogens is 562 g/mol. The summed E-state index contributed by atoms with van der Waals surface area (Å²) in [5.41, 5.74) is -1.05. The highest BCUT2D eigenvalue weighted by Crippen LogP contribution is 2.61. The smallest absolute Gasteiger partial charge is 0.249 e. The number of likely N-dealkylation sites (tertiary alicyclic amines) is 1. The van der Waals surface area contributed by atoms with Crippen LogP contribution in [0.1, 0.15) is 40.5 Å². The minimum absolute atomic E-state index is 0.219.